The van der Waals surface area contributed by atoms with Gasteiger partial charge in [-0.2, -0.15) is 0 Å². The molecule has 0 aromatic carbocycles. The Morgan fingerprint density at radius 1 is 1.41 bits per heavy atom. The molecule has 3 N–H and O–H groups in total. The minimum Gasteiger partial charge on any atom is -0.467 e. The molecule has 29 heavy (non-hydrogen) atoms. The Labute approximate surface area is 174 Å². The molecule has 0 unspecified atom stereocenters. The van der Waals surface area contributed by atoms with Crippen LogP contribution in [-0.4, -0.2) is 45.0 Å². The lowest BCUT2D eigenvalue weighted by molar-refractivity contribution is -0.120. The number of carbonyl (C=O) groups excluding carboxylic acids is 2. The van der Waals surface area contributed by atoms with Gasteiger partial charge in [-0.25, -0.2) is 4.79 Å². The molecule has 2 atom stereocenters. The van der Waals surface area contributed by atoms with Crippen molar-refractivity contribution in [3.8, 4) is 0 Å². The average molecular weight is 421 g/mol. The molecule has 0 aliphatic carbocycles. The van der Waals surface area contributed by atoms with E-state index in [0.29, 0.717) is 17.6 Å². The van der Waals surface area contributed by atoms with E-state index in [9.17, 15) is 9.59 Å². The van der Waals surface area contributed by atoms with E-state index in [0.717, 1.165) is 31.2 Å². The number of anilines is 1. The molecule has 1 aliphatic rings. The third-order valence-electron chi connectivity index (χ3n) is 4.87. The van der Waals surface area contributed by atoms with Gasteiger partial charge in [-0.05, 0) is 36.8 Å². The zero-order valence-electron chi connectivity index (χ0n) is 17.0. The van der Waals surface area contributed by atoms with E-state index in [4.69, 9.17) is 10.2 Å². The Balaban J connectivity index is 1.90. The van der Waals surface area contributed by atoms with Crippen LogP contribution in [0.1, 0.15) is 39.4 Å². The third kappa shape index (κ3) is 5.31. The summed E-state index contributed by atoms with van der Waals surface area (Å²) < 4.78 is 7.51. The summed E-state index contributed by atoms with van der Waals surface area (Å²) in [7, 11) is 0. The minimum absolute atomic E-state index is 0.0356. The van der Waals surface area contributed by atoms with Crippen LogP contribution in [0.15, 0.2) is 28.0 Å². The van der Waals surface area contributed by atoms with E-state index in [1.807, 2.05) is 30.5 Å². The first-order valence-corrected chi connectivity index (χ1v) is 10.7. The lowest BCUT2D eigenvalue weighted by atomic mass is 10.0. The molecule has 3 heterocycles. The summed E-state index contributed by atoms with van der Waals surface area (Å²) in [4.78, 5) is 25.8. The predicted molar refractivity (Wildman–Crippen MR) is 111 cm³/mol. The Hall–Kier alpha value is -2.49. The summed E-state index contributed by atoms with van der Waals surface area (Å²) in [6.07, 6.45) is 3.94. The van der Waals surface area contributed by atoms with Gasteiger partial charge in [0.05, 0.1) is 18.1 Å². The van der Waals surface area contributed by atoms with Crippen LogP contribution in [0.25, 0.3) is 0 Å². The lowest BCUT2D eigenvalue weighted by Crippen LogP contribution is -2.42. The second-order valence-electron chi connectivity index (χ2n) is 7.78. The van der Waals surface area contributed by atoms with Gasteiger partial charge in [0.25, 0.3) is 0 Å². The van der Waals surface area contributed by atoms with E-state index in [1.54, 1.807) is 6.26 Å². The fourth-order valence-electron chi connectivity index (χ4n) is 3.47. The molecule has 0 bridgehead atoms. The standard InChI is InChI=1S/C19H28N6O3S/c1-12(2)15(16(26)21-17(20)27)29-19-23-22-18(24-8-4-6-13(3)10-24)25(19)11-14-7-5-9-28-14/h5,7,9,12-13,15H,4,6,8,10-11H2,1-3H3,(H3,20,21,26,27)/t13-,15+/m1/s1. The number of aromatic nitrogens is 3. The number of thioether (sulfide) groups is 1. The van der Waals surface area contributed by atoms with Gasteiger partial charge in [-0.3, -0.25) is 14.7 Å². The van der Waals surface area contributed by atoms with Gasteiger partial charge in [0.1, 0.15) is 5.76 Å². The van der Waals surface area contributed by atoms with E-state index in [-0.39, 0.29) is 5.92 Å². The molecule has 2 aromatic heterocycles. The maximum atomic E-state index is 12.5. The topological polar surface area (TPSA) is 119 Å². The number of carbonyl (C=O) groups is 2. The lowest BCUT2D eigenvalue weighted by Gasteiger charge is -2.31. The van der Waals surface area contributed by atoms with Crippen LogP contribution in [0.3, 0.4) is 0 Å². The quantitative estimate of drug-likeness (QED) is 0.660. The average Bonchev–Trinajstić information content (AvgIpc) is 3.29. The van der Waals surface area contributed by atoms with Crippen molar-refractivity contribution in [3.63, 3.8) is 0 Å². The van der Waals surface area contributed by atoms with Gasteiger partial charge in [-0.1, -0.05) is 32.5 Å². The van der Waals surface area contributed by atoms with E-state index in [2.05, 4.69) is 27.3 Å². The van der Waals surface area contributed by atoms with Gasteiger partial charge in [0.15, 0.2) is 5.16 Å². The van der Waals surface area contributed by atoms with Crippen LogP contribution >= 0.6 is 11.8 Å². The first-order chi connectivity index (χ1) is 13.8. The number of rotatable bonds is 7. The number of hydrogen-bond donors (Lipinski definition) is 2. The number of nitrogens with one attached hydrogen (secondary N) is 1. The van der Waals surface area contributed by atoms with Crippen molar-refractivity contribution in [2.24, 2.45) is 17.6 Å². The molecule has 3 rings (SSSR count). The molecule has 9 nitrogen and oxygen atoms in total. The zero-order chi connectivity index (χ0) is 21.0. The van der Waals surface area contributed by atoms with E-state index < -0.39 is 17.2 Å². The molecule has 1 aliphatic heterocycles. The third-order valence-corrected chi connectivity index (χ3v) is 6.40. The number of piperidine rings is 1. The van der Waals surface area contributed by atoms with Crippen molar-refractivity contribution in [2.75, 3.05) is 18.0 Å². The summed E-state index contributed by atoms with van der Waals surface area (Å²) >= 11 is 1.28. The number of nitrogens with two attached hydrogens (primary N) is 1. The van der Waals surface area contributed by atoms with Crippen molar-refractivity contribution < 1.29 is 14.0 Å². The molecule has 1 saturated heterocycles. The fourth-order valence-corrected chi connectivity index (χ4v) is 4.50. The normalized spacial score (nSPS) is 18.1. The number of amides is 3. The summed E-state index contributed by atoms with van der Waals surface area (Å²) in [5.74, 6) is 1.66. The van der Waals surface area contributed by atoms with Crippen molar-refractivity contribution in [1.29, 1.82) is 0 Å². The molecular formula is C19H28N6O3S. The van der Waals surface area contributed by atoms with Crippen molar-refractivity contribution in [3.05, 3.63) is 24.2 Å². The molecule has 10 heteroatoms. The largest absolute Gasteiger partial charge is 0.467 e. The summed E-state index contributed by atoms with van der Waals surface area (Å²) in [6, 6.07) is 2.88. The maximum absolute atomic E-state index is 12.5. The fraction of sp³-hybridized carbons (Fsp3) is 0.579. The second kappa shape index (κ2) is 9.34. The Kier molecular flexibility index (Phi) is 6.83. The Bertz CT molecular complexity index is 835. The van der Waals surface area contributed by atoms with Crippen molar-refractivity contribution >= 4 is 29.6 Å². The predicted octanol–water partition coefficient (Wildman–Crippen LogP) is 2.47. The van der Waals surface area contributed by atoms with Gasteiger partial charge in [0.2, 0.25) is 11.9 Å². The van der Waals surface area contributed by atoms with Crippen molar-refractivity contribution in [1.82, 2.24) is 20.1 Å². The van der Waals surface area contributed by atoms with Crippen molar-refractivity contribution in [2.45, 2.75) is 50.6 Å². The summed E-state index contributed by atoms with van der Waals surface area (Å²) in [6.45, 7) is 8.36. The number of nitrogens with zero attached hydrogens (tertiary/aromatic N) is 4. The smallest absolute Gasteiger partial charge is 0.318 e. The zero-order valence-corrected chi connectivity index (χ0v) is 17.8. The molecule has 0 saturated carbocycles. The molecule has 3 amide bonds. The minimum atomic E-state index is -0.860. The first-order valence-electron chi connectivity index (χ1n) is 9.82. The van der Waals surface area contributed by atoms with Crippen LogP contribution in [0.5, 0.6) is 0 Å². The van der Waals surface area contributed by atoms with Crippen LogP contribution in [-0.2, 0) is 11.3 Å². The first kappa shape index (κ1) is 21.2. The highest BCUT2D eigenvalue weighted by Crippen LogP contribution is 2.31. The van der Waals surface area contributed by atoms with Gasteiger partial charge in [0, 0.05) is 13.1 Å². The molecule has 0 radical (unpaired) electrons. The highest BCUT2D eigenvalue weighted by atomic mass is 32.2. The molecule has 158 valence electrons. The van der Waals surface area contributed by atoms with E-state index >= 15 is 0 Å². The Morgan fingerprint density at radius 2 is 2.21 bits per heavy atom. The number of urea groups is 1. The maximum Gasteiger partial charge on any atom is 0.318 e. The number of primary amides is 1. The van der Waals surface area contributed by atoms with Gasteiger partial charge < -0.3 is 15.1 Å². The van der Waals surface area contributed by atoms with Crippen LogP contribution in [0.4, 0.5) is 10.7 Å². The highest BCUT2D eigenvalue weighted by molar-refractivity contribution is 8.00. The SMILES string of the molecule is CC(C)[C@H](Sc1nnc(N2CCC[C@@H](C)C2)n1Cc1ccco1)C(=O)NC(N)=O. The number of hydrogen-bond acceptors (Lipinski definition) is 7. The highest BCUT2D eigenvalue weighted by Gasteiger charge is 2.29. The summed E-state index contributed by atoms with van der Waals surface area (Å²) in [5.41, 5.74) is 5.13. The van der Waals surface area contributed by atoms with Crippen LogP contribution in [0, 0.1) is 11.8 Å². The van der Waals surface area contributed by atoms with E-state index in [1.165, 1.54) is 18.2 Å². The van der Waals surface area contributed by atoms with Gasteiger partial charge in [-0.15, -0.1) is 10.2 Å². The van der Waals surface area contributed by atoms with Crippen LogP contribution in [0.2, 0.25) is 0 Å². The monoisotopic (exact) mass is 420 g/mol. The second-order valence-corrected chi connectivity index (χ2v) is 8.89. The number of imide groups is 1. The number of furan rings is 1. The van der Waals surface area contributed by atoms with Gasteiger partial charge >= 0.3 is 6.03 Å². The molecule has 0 spiro atoms. The molecule has 1 fully saturated rings. The summed E-state index contributed by atoms with van der Waals surface area (Å²) in [5, 5.41) is 11.1. The molecular weight excluding hydrogens is 392 g/mol. The van der Waals surface area contributed by atoms with Crippen LogP contribution < -0.4 is 16.0 Å². The Morgan fingerprint density at radius 3 is 2.83 bits per heavy atom. The molecule has 2 aromatic rings.